The van der Waals surface area contributed by atoms with Crippen LogP contribution in [0.15, 0.2) is 6.07 Å². The molecule has 5 heterocycles. The van der Waals surface area contributed by atoms with Crippen LogP contribution in [-0.4, -0.2) is 75.4 Å². The molecule has 9 nitrogen and oxygen atoms in total. The Balaban J connectivity index is 1.30. The van der Waals surface area contributed by atoms with Gasteiger partial charge in [-0.15, -0.1) is 0 Å². The second kappa shape index (κ2) is 6.83. The summed E-state index contributed by atoms with van der Waals surface area (Å²) in [6, 6.07) is 3.29. The summed E-state index contributed by atoms with van der Waals surface area (Å²) in [6.45, 7) is 4.02. The van der Waals surface area contributed by atoms with Crippen LogP contribution < -0.4 is 15.1 Å². The molecule has 2 aromatic heterocycles. The van der Waals surface area contributed by atoms with Crippen molar-refractivity contribution in [2.45, 2.75) is 56.5 Å². The van der Waals surface area contributed by atoms with E-state index in [1.54, 1.807) is 0 Å². The number of fused-ring (bicyclic) bond motifs is 2. The molecule has 3 saturated heterocycles. The van der Waals surface area contributed by atoms with E-state index in [4.69, 9.17) is 15.0 Å². The molecule has 3 aliphatic heterocycles. The predicted octanol–water partition coefficient (Wildman–Crippen LogP) is 2.10. The molecule has 9 heteroatoms. The van der Waals surface area contributed by atoms with Gasteiger partial charge in [-0.1, -0.05) is 0 Å². The zero-order valence-corrected chi connectivity index (χ0v) is 17.0. The molecule has 2 aromatic rings. The van der Waals surface area contributed by atoms with Crippen molar-refractivity contribution < 1.29 is 0 Å². The molecule has 0 unspecified atom stereocenters. The number of piperazine rings is 1. The first kappa shape index (κ1) is 17.4. The monoisotopic (exact) mass is 395 g/mol. The van der Waals surface area contributed by atoms with Crippen LogP contribution in [0.4, 0.5) is 23.7 Å². The maximum atomic E-state index is 4.89. The number of anilines is 4. The van der Waals surface area contributed by atoms with Gasteiger partial charge in [-0.3, -0.25) is 10.00 Å². The molecule has 2 atom stereocenters. The summed E-state index contributed by atoms with van der Waals surface area (Å²) in [6.07, 6.45) is 7.44. The molecule has 29 heavy (non-hydrogen) atoms. The van der Waals surface area contributed by atoms with E-state index in [1.807, 2.05) is 0 Å². The van der Waals surface area contributed by atoms with Crippen molar-refractivity contribution >= 4 is 23.7 Å². The van der Waals surface area contributed by atoms with E-state index in [1.165, 1.54) is 44.2 Å². The molecule has 0 aromatic carbocycles. The fourth-order valence-electron chi connectivity index (χ4n) is 5.01. The third-order valence-electron chi connectivity index (χ3n) is 6.99. The standard InChI is InChI=1S/C20H29N9/c1-27-14-6-7-15(27)12-29(11-14)20-23-18(22-19(24-20)28-8-2-3-9-28)21-17-10-16(25-26-17)13-4-5-13/h10,13-15H,2-9,11-12H2,1H3,(H2,21,22,23,24,25,26)/t14-,15+. The van der Waals surface area contributed by atoms with Gasteiger partial charge >= 0.3 is 0 Å². The van der Waals surface area contributed by atoms with E-state index < -0.39 is 0 Å². The Morgan fingerprint density at radius 3 is 2.31 bits per heavy atom. The summed E-state index contributed by atoms with van der Waals surface area (Å²) < 4.78 is 0. The van der Waals surface area contributed by atoms with Crippen LogP contribution in [0.25, 0.3) is 0 Å². The highest BCUT2D eigenvalue weighted by Crippen LogP contribution is 2.39. The van der Waals surface area contributed by atoms with Crippen LogP contribution in [0, 0.1) is 0 Å². The molecule has 0 radical (unpaired) electrons. The topological polar surface area (TPSA) is 89.1 Å². The summed E-state index contributed by atoms with van der Waals surface area (Å²) in [5, 5.41) is 10.9. The van der Waals surface area contributed by atoms with Gasteiger partial charge in [0.15, 0.2) is 5.82 Å². The molecule has 4 aliphatic rings. The van der Waals surface area contributed by atoms with Gasteiger partial charge in [-0.05, 0) is 45.6 Å². The summed E-state index contributed by atoms with van der Waals surface area (Å²) >= 11 is 0. The number of hydrogen-bond donors (Lipinski definition) is 2. The Hall–Kier alpha value is -2.42. The maximum absolute atomic E-state index is 4.89. The lowest BCUT2D eigenvalue weighted by atomic mass is 10.2. The Bertz CT molecular complexity index is 872. The first-order chi connectivity index (χ1) is 14.2. The lowest BCUT2D eigenvalue weighted by molar-refractivity contribution is 0.211. The first-order valence-corrected chi connectivity index (χ1v) is 11.0. The van der Waals surface area contributed by atoms with Crippen LogP contribution >= 0.6 is 0 Å². The number of nitrogens with zero attached hydrogens (tertiary/aromatic N) is 7. The smallest absolute Gasteiger partial charge is 0.235 e. The predicted molar refractivity (Wildman–Crippen MR) is 112 cm³/mol. The number of H-pyrrole nitrogens is 1. The minimum Gasteiger partial charge on any atom is -0.341 e. The van der Waals surface area contributed by atoms with Gasteiger partial charge in [0, 0.05) is 55.9 Å². The molecule has 1 aliphatic carbocycles. The van der Waals surface area contributed by atoms with E-state index in [0.29, 0.717) is 23.9 Å². The third-order valence-corrected chi connectivity index (χ3v) is 6.99. The molecule has 6 rings (SSSR count). The quantitative estimate of drug-likeness (QED) is 0.796. The normalized spacial score (nSPS) is 27.1. The summed E-state index contributed by atoms with van der Waals surface area (Å²) in [5.74, 6) is 3.62. The fraction of sp³-hybridized carbons (Fsp3) is 0.700. The Labute approximate surface area is 170 Å². The molecule has 1 saturated carbocycles. The van der Waals surface area contributed by atoms with Crippen molar-refractivity contribution in [1.82, 2.24) is 30.0 Å². The maximum Gasteiger partial charge on any atom is 0.235 e. The number of rotatable bonds is 5. The van der Waals surface area contributed by atoms with E-state index in [-0.39, 0.29) is 0 Å². The van der Waals surface area contributed by atoms with Crippen molar-refractivity contribution in [3.8, 4) is 0 Å². The number of aromatic nitrogens is 5. The highest BCUT2D eigenvalue weighted by molar-refractivity contribution is 5.54. The molecule has 2 bridgehead atoms. The van der Waals surface area contributed by atoms with E-state index in [9.17, 15) is 0 Å². The van der Waals surface area contributed by atoms with Crippen molar-refractivity contribution in [1.29, 1.82) is 0 Å². The molecule has 2 N–H and O–H groups in total. The third kappa shape index (κ3) is 3.31. The second-order valence-electron chi connectivity index (χ2n) is 9.02. The average Bonchev–Trinajstić information content (AvgIpc) is 3.14. The highest BCUT2D eigenvalue weighted by Gasteiger charge is 2.38. The van der Waals surface area contributed by atoms with E-state index in [2.05, 4.69) is 43.3 Å². The van der Waals surface area contributed by atoms with Gasteiger partial charge in [0.05, 0.1) is 0 Å². The zero-order valence-electron chi connectivity index (χ0n) is 17.0. The Kier molecular flexibility index (Phi) is 4.11. The Morgan fingerprint density at radius 1 is 0.931 bits per heavy atom. The van der Waals surface area contributed by atoms with Crippen LogP contribution in [0.2, 0.25) is 0 Å². The number of aromatic amines is 1. The molecule has 0 amide bonds. The van der Waals surface area contributed by atoms with Gasteiger partial charge in [-0.25, -0.2) is 0 Å². The zero-order chi connectivity index (χ0) is 19.4. The summed E-state index contributed by atoms with van der Waals surface area (Å²) in [5.41, 5.74) is 1.21. The molecule has 4 fully saturated rings. The minimum atomic E-state index is 0.594. The van der Waals surface area contributed by atoms with Crippen molar-refractivity contribution in [2.75, 3.05) is 48.3 Å². The fourth-order valence-corrected chi connectivity index (χ4v) is 5.01. The first-order valence-electron chi connectivity index (χ1n) is 11.0. The van der Waals surface area contributed by atoms with Crippen LogP contribution in [-0.2, 0) is 0 Å². The average molecular weight is 396 g/mol. The van der Waals surface area contributed by atoms with Crippen molar-refractivity contribution in [2.24, 2.45) is 0 Å². The van der Waals surface area contributed by atoms with Gasteiger partial charge < -0.3 is 15.1 Å². The van der Waals surface area contributed by atoms with Crippen LogP contribution in [0.3, 0.4) is 0 Å². The van der Waals surface area contributed by atoms with Gasteiger partial charge in [-0.2, -0.15) is 20.1 Å². The molecular formula is C20H29N9. The van der Waals surface area contributed by atoms with Crippen LogP contribution in [0.1, 0.15) is 50.1 Å². The van der Waals surface area contributed by atoms with Crippen molar-refractivity contribution in [3.63, 3.8) is 0 Å². The second-order valence-corrected chi connectivity index (χ2v) is 9.02. The molecule has 154 valence electrons. The lowest BCUT2D eigenvalue weighted by Gasteiger charge is -2.39. The van der Waals surface area contributed by atoms with Gasteiger partial charge in [0.25, 0.3) is 0 Å². The largest absolute Gasteiger partial charge is 0.341 e. The highest BCUT2D eigenvalue weighted by atomic mass is 15.4. The summed E-state index contributed by atoms with van der Waals surface area (Å²) in [7, 11) is 2.25. The minimum absolute atomic E-state index is 0.594. The number of likely N-dealkylation sites (N-methyl/N-ethyl adjacent to an activating group) is 1. The number of hydrogen-bond acceptors (Lipinski definition) is 8. The van der Waals surface area contributed by atoms with E-state index >= 15 is 0 Å². The lowest BCUT2D eigenvalue weighted by Crippen LogP contribution is -2.52. The SMILES string of the molecule is CN1[C@@H]2CC[C@H]1CN(c1nc(Nc3cc(C4CC4)[nH]n3)nc(N3CCCC3)n1)C2. The van der Waals surface area contributed by atoms with Gasteiger partial charge in [0.2, 0.25) is 17.8 Å². The van der Waals surface area contributed by atoms with Crippen LogP contribution in [0.5, 0.6) is 0 Å². The van der Waals surface area contributed by atoms with Crippen molar-refractivity contribution in [3.05, 3.63) is 11.8 Å². The molecule has 0 spiro atoms. The molecular weight excluding hydrogens is 366 g/mol. The van der Waals surface area contributed by atoms with E-state index in [0.717, 1.165) is 43.9 Å². The van der Waals surface area contributed by atoms with Gasteiger partial charge in [0.1, 0.15) is 0 Å². The number of nitrogens with one attached hydrogen (secondary N) is 2. The Morgan fingerprint density at radius 2 is 1.62 bits per heavy atom. The summed E-state index contributed by atoms with van der Waals surface area (Å²) in [4.78, 5) is 21.6.